The lowest BCUT2D eigenvalue weighted by atomic mass is 10.1. The molecule has 0 saturated carbocycles. The summed E-state index contributed by atoms with van der Waals surface area (Å²) < 4.78 is 4.99. The monoisotopic (exact) mass is 216 g/mol. The van der Waals surface area contributed by atoms with E-state index in [0.717, 1.165) is 25.2 Å². The summed E-state index contributed by atoms with van der Waals surface area (Å²) in [5.41, 5.74) is 2.31. The van der Waals surface area contributed by atoms with Crippen LogP contribution in [0.2, 0.25) is 0 Å². The molecular weight excluding hydrogens is 200 g/mol. The van der Waals surface area contributed by atoms with Gasteiger partial charge in [0.15, 0.2) is 0 Å². The highest BCUT2D eigenvalue weighted by Gasteiger charge is 2.00. The number of rotatable bonds is 5. The van der Waals surface area contributed by atoms with Gasteiger partial charge in [0.1, 0.15) is 0 Å². The molecule has 84 valence electrons. The summed E-state index contributed by atoms with van der Waals surface area (Å²) in [5.74, 6) is 0. The Kier molecular flexibility index (Phi) is 3.86. The van der Waals surface area contributed by atoms with Gasteiger partial charge in [0.2, 0.25) is 0 Å². The number of hydrogen-bond acceptors (Lipinski definition) is 3. The number of aromatic nitrogens is 1. The molecule has 0 aliphatic rings. The van der Waals surface area contributed by atoms with E-state index < -0.39 is 0 Å². The number of fused-ring (bicyclic) bond motifs is 1. The Morgan fingerprint density at radius 1 is 1.25 bits per heavy atom. The van der Waals surface area contributed by atoms with E-state index in [1.807, 2.05) is 12.3 Å². The highest BCUT2D eigenvalue weighted by atomic mass is 16.5. The topological polar surface area (TPSA) is 34.1 Å². The molecule has 0 radical (unpaired) electrons. The number of hydrogen-bond donors (Lipinski definition) is 1. The molecular formula is C13H16N2O. The average Bonchev–Trinajstić information content (AvgIpc) is 2.35. The van der Waals surface area contributed by atoms with Crippen molar-refractivity contribution in [3.8, 4) is 0 Å². The van der Waals surface area contributed by atoms with Gasteiger partial charge < -0.3 is 10.1 Å². The van der Waals surface area contributed by atoms with Crippen LogP contribution >= 0.6 is 0 Å². The van der Waals surface area contributed by atoms with E-state index in [9.17, 15) is 0 Å². The van der Waals surface area contributed by atoms with Crippen molar-refractivity contribution in [3.05, 3.63) is 42.1 Å². The van der Waals surface area contributed by atoms with E-state index in [-0.39, 0.29) is 0 Å². The Balaban J connectivity index is 2.11. The zero-order valence-electron chi connectivity index (χ0n) is 9.44. The summed E-state index contributed by atoms with van der Waals surface area (Å²) in [7, 11) is 1.71. The predicted molar refractivity (Wildman–Crippen MR) is 65.3 cm³/mol. The van der Waals surface area contributed by atoms with Crippen molar-refractivity contribution in [1.82, 2.24) is 10.3 Å². The molecule has 0 aliphatic heterocycles. The lowest BCUT2D eigenvalue weighted by molar-refractivity contribution is 0.199. The van der Waals surface area contributed by atoms with Gasteiger partial charge in [0.25, 0.3) is 0 Å². The van der Waals surface area contributed by atoms with Gasteiger partial charge in [-0.15, -0.1) is 0 Å². The fraction of sp³-hybridized carbons (Fsp3) is 0.308. The first kappa shape index (κ1) is 11.0. The van der Waals surface area contributed by atoms with Crippen LogP contribution in [0.25, 0.3) is 10.9 Å². The summed E-state index contributed by atoms with van der Waals surface area (Å²) in [5, 5.41) is 4.52. The number of ether oxygens (including phenoxy) is 1. The fourth-order valence-electron chi connectivity index (χ4n) is 1.71. The van der Waals surface area contributed by atoms with E-state index >= 15 is 0 Å². The third-order valence-corrected chi connectivity index (χ3v) is 2.51. The van der Waals surface area contributed by atoms with Gasteiger partial charge in [0.05, 0.1) is 12.1 Å². The fourth-order valence-corrected chi connectivity index (χ4v) is 1.71. The van der Waals surface area contributed by atoms with Gasteiger partial charge in [-0.3, -0.25) is 4.98 Å². The summed E-state index contributed by atoms with van der Waals surface area (Å²) in [6.45, 7) is 2.43. The van der Waals surface area contributed by atoms with Crippen molar-refractivity contribution in [2.45, 2.75) is 6.54 Å². The lowest BCUT2D eigenvalue weighted by Gasteiger charge is -2.06. The van der Waals surface area contributed by atoms with Gasteiger partial charge in [-0.2, -0.15) is 0 Å². The highest BCUT2D eigenvalue weighted by molar-refractivity contribution is 5.81. The number of nitrogens with zero attached hydrogens (tertiary/aromatic N) is 1. The predicted octanol–water partition coefficient (Wildman–Crippen LogP) is 1.97. The van der Waals surface area contributed by atoms with E-state index in [1.165, 1.54) is 10.9 Å². The van der Waals surface area contributed by atoms with Crippen LogP contribution in [0.3, 0.4) is 0 Å². The molecule has 2 aromatic rings. The minimum atomic E-state index is 0.734. The van der Waals surface area contributed by atoms with Crippen molar-refractivity contribution in [1.29, 1.82) is 0 Å². The number of para-hydroxylation sites is 1. The van der Waals surface area contributed by atoms with Crippen molar-refractivity contribution in [2.75, 3.05) is 20.3 Å². The average molecular weight is 216 g/mol. The second-order valence-corrected chi connectivity index (χ2v) is 3.66. The molecule has 16 heavy (non-hydrogen) atoms. The number of pyridine rings is 1. The SMILES string of the molecule is COCCNCc1cccc2cccnc12. The number of benzene rings is 1. The van der Waals surface area contributed by atoms with Crippen LogP contribution in [0.4, 0.5) is 0 Å². The van der Waals surface area contributed by atoms with Gasteiger partial charge in [0, 0.05) is 31.8 Å². The maximum atomic E-state index is 4.99. The molecule has 0 fully saturated rings. The van der Waals surface area contributed by atoms with Crippen LogP contribution < -0.4 is 5.32 Å². The largest absolute Gasteiger partial charge is 0.383 e. The Morgan fingerprint density at radius 2 is 2.12 bits per heavy atom. The minimum absolute atomic E-state index is 0.734. The first-order valence-electron chi connectivity index (χ1n) is 5.44. The van der Waals surface area contributed by atoms with E-state index in [2.05, 4.69) is 34.6 Å². The molecule has 3 nitrogen and oxygen atoms in total. The van der Waals surface area contributed by atoms with Crippen molar-refractivity contribution in [3.63, 3.8) is 0 Å². The molecule has 0 amide bonds. The molecule has 0 aliphatic carbocycles. The van der Waals surface area contributed by atoms with E-state index in [4.69, 9.17) is 4.74 Å². The molecule has 0 spiro atoms. The normalized spacial score (nSPS) is 10.8. The van der Waals surface area contributed by atoms with Crippen molar-refractivity contribution >= 4 is 10.9 Å². The molecule has 1 aromatic heterocycles. The summed E-state index contributed by atoms with van der Waals surface area (Å²) in [6.07, 6.45) is 1.83. The number of methoxy groups -OCH3 is 1. The van der Waals surface area contributed by atoms with Gasteiger partial charge >= 0.3 is 0 Å². The van der Waals surface area contributed by atoms with Crippen molar-refractivity contribution in [2.24, 2.45) is 0 Å². The maximum absolute atomic E-state index is 4.99. The number of nitrogens with one attached hydrogen (secondary N) is 1. The van der Waals surface area contributed by atoms with Crippen LogP contribution in [-0.2, 0) is 11.3 Å². The van der Waals surface area contributed by atoms with Crippen LogP contribution in [0.1, 0.15) is 5.56 Å². The van der Waals surface area contributed by atoms with Gasteiger partial charge in [-0.25, -0.2) is 0 Å². The smallest absolute Gasteiger partial charge is 0.0746 e. The van der Waals surface area contributed by atoms with E-state index in [1.54, 1.807) is 7.11 Å². The van der Waals surface area contributed by atoms with Crippen LogP contribution in [0.15, 0.2) is 36.5 Å². The molecule has 1 N–H and O–H groups in total. The summed E-state index contributed by atoms with van der Waals surface area (Å²) >= 11 is 0. The Morgan fingerprint density at radius 3 is 3.00 bits per heavy atom. The summed E-state index contributed by atoms with van der Waals surface area (Å²) in [6, 6.07) is 10.3. The van der Waals surface area contributed by atoms with Gasteiger partial charge in [-0.1, -0.05) is 24.3 Å². The summed E-state index contributed by atoms with van der Waals surface area (Å²) in [4.78, 5) is 4.41. The zero-order valence-corrected chi connectivity index (χ0v) is 9.44. The Bertz CT molecular complexity index is 451. The third kappa shape index (κ3) is 2.56. The second kappa shape index (κ2) is 5.58. The van der Waals surface area contributed by atoms with Crippen LogP contribution in [-0.4, -0.2) is 25.2 Å². The highest BCUT2D eigenvalue weighted by Crippen LogP contribution is 2.15. The molecule has 1 heterocycles. The van der Waals surface area contributed by atoms with Crippen LogP contribution in [0, 0.1) is 0 Å². The molecule has 0 saturated heterocycles. The maximum Gasteiger partial charge on any atom is 0.0746 e. The standard InChI is InChI=1S/C13H16N2O/c1-16-9-8-14-10-12-5-2-4-11-6-3-7-15-13(11)12/h2-7,14H,8-10H2,1H3. The molecule has 1 aromatic carbocycles. The Hall–Kier alpha value is -1.45. The van der Waals surface area contributed by atoms with Gasteiger partial charge in [-0.05, 0) is 11.6 Å². The Labute approximate surface area is 95.5 Å². The van der Waals surface area contributed by atoms with Crippen LogP contribution in [0.5, 0.6) is 0 Å². The first-order chi connectivity index (χ1) is 7.92. The molecule has 3 heteroatoms. The zero-order chi connectivity index (χ0) is 11.2. The third-order valence-electron chi connectivity index (χ3n) is 2.51. The van der Waals surface area contributed by atoms with Crippen molar-refractivity contribution < 1.29 is 4.74 Å². The minimum Gasteiger partial charge on any atom is -0.383 e. The molecule has 2 rings (SSSR count). The quantitative estimate of drug-likeness (QED) is 0.776. The second-order valence-electron chi connectivity index (χ2n) is 3.66. The molecule has 0 bridgehead atoms. The molecule has 0 unspecified atom stereocenters. The first-order valence-corrected chi connectivity index (χ1v) is 5.44. The van der Waals surface area contributed by atoms with E-state index in [0.29, 0.717) is 0 Å². The lowest BCUT2D eigenvalue weighted by Crippen LogP contribution is -2.18. The molecule has 0 atom stereocenters.